The maximum atomic E-state index is 12.7. The molecule has 1 saturated carbocycles. The highest BCUT2D eigenvalue weighted by Crippen LogP contribution is 2.44. The smallest absolute Gasteiger partial charge is 0.226 e. The van der Waals surface area contributed by atoms with E-state index in [-0.39, 0.29) is 23.7 Å². The molecule has 2 N–H and O–H groups in total. The fraction of sp³-hybridized carbons (Fsp3) is 0.588. The molecule has 0 bridgehead atoms. The van der Waals surface area contributed by atoms with Gasteiger partial charge in [0.25, 0.3) is 0 Å². The van der Waals surface area contributed by atoms with Crippen molar-refractivity contribution in [3.8, 4) is 0 Å². The van der Waals surface area contributed by atoms with Gasteiger partial charge in [-0.05, 0) is 44.2 Å². The Morgan fingerprint density at radius 3 is 2.57 bits per heavy atom. The van der Waals surface area contributed by atoms with E-state index in [1.807, 2.05) is 6.07 Å². The second-order valence-corrected chi connectivity index (χ2v) is 6.31. The summed E-state index contributed by atoms with van der Waals surface area (Å²) in [7, 11) is 0. The normalized spacial score (nSPS) is 23.5. The molecule has 3 rings (SSSR count). The predicted octanol–water partition coefficient (Wildman–Crippen LogP) is 2.69. The lowest BCUT2D eigenvalue weighted by molar-refractivity contribution is -0.136. The van der Waals surface area contributed by atoms with Crippen molar-refractivity contribution in [2.75, 3.05) is 13.1 Å². The van der Waals surface area contributed by atoms with Crippen LogP contribution in [0.2, 0.25) is 0 Å². The first kappa shape index (κ1) is 16.3. The Balaban J connectivity index is 0.00000161. The van der Waals surface area contributed by atoms with Crippen LogP contribution in [0.15, 0.2) is 30.3 Å². The highest BCUT2D eigenvalue weighted by molar-refractivity contribution is 5.85. The molecule has 116 valence electrons. The van der Waals surface area contributed by atoms with E-state index in [0.29, 0.717) is 6.04 Å². The van der Waals surface area contributed by atoms with Crippen molar-refractivity contribution in [1.82, 2.24) is 10.6 Å². The lowest BCUT2D eigenvalue weighted by atomic mass is 9.64. The van der Waals surface area contributed by atoms with Crippen molar-refractivity contribution in [1.29, 1.82) is 0 Å². The molecule has 1 atom stereocenters. The zero-order valence-corrected chi connectivity index (χ0v) is 13.3. The first-order chi connectivity index (χ1) is 9.78. The molecule has 0 radical (unpaired) electrons. The van der Waals surface area contributed by atoms with Gasteiger partial charge in [-0.3, -0.25) is 4.79 Å². The molecule has 1 saturated heterocycles. The van der Waals surface area contributed by atoms with Gasteiger partial charge in [-0.25, -0.2) is 0 Å². The number of hydrogen-bond donors (Lipinski definition) is 2. The second-order valence-electron chi connectivity index (χ2n) is 6.31. The van der Waals surface area contributed by atoms with Crippen LogP contribution in [0.3, 0.4) is 0 Å². The number of hydrogen-bond acceptors (Lipinski definition) is 2. The van der Waals surface area contributed by atoms with Crippen LogP contribution in [0.5, 0.6) is 0 Å². The van der Waals surface area contributed by atoms with Gasteiger partial charge >= 0.3 is 0 Å². The molecule has 1 aliphatic heterocycles. The lowest BCUT2D eigenvalue weighted by Gasteiger charge is -2.42. The van der Waals surface area contributed by atoms with Crippen molar-refractivity contribution >= 4 is 18.3 Å². The van der Waals surface area contributed by atoms with Crippen LogP contribution in [-0.4, -0.2) is 25.0 Å². The monoisotopic (exact) mass is 308 g/mol. The van der Waals surface area contributed by atoms with E-state index in [1.165, 1.54) is 12.0 Å². The van der Waals surface area contributed by atoms with Crippen molar-refractivity contribution in [2.24, 2.45) is 5.41 Å². The summed E-state index contributed by atoms with van der Waals surface area (Å²) in [6.45, 7) is 2.01. The molecule has 0 aromatic heterocycles. The van der Waals surface area contributed by atoms with Crippen LogP contribution >= 0.6 is 12.4 Å². The van der Waals surface area contributed by atoms with Gasteiger partial charge in [0.1, 0.15) is 0 Å². The number of rotatable bonds is 4. The summed E-state index contributed by atoms with van der Waals surface area (Å²) < 4.78 is 0. The van der Waals surface area contributed by atoms with E-state index < -0.39 is 0 Å². The van der Waals surface area contributed by atoms with Crippen molar-refractivity contribution < 1.29 is 4.79 Å². The molecule has 1 unspecified atom stereocenters. The minimum Gasteiger partial charge on any atom is -0.352 e. The SMILES string of the molecule is Cl.O=C(NC1CCCNC1)C1(Cc2ccccc2)CCC1. The minimum absolute atomic E-state index is 0. The van der Waals surface area contributed by atoms with Crippen LogP contribution in [0.4, 0.5) is 0 Å². The highest BCUT2D eigenvalue weighted by Gasteiger charge is 2.44. The number of amides is 1. The summed E-state index contributed by atoms with van der Waals surface area (Å²) in [5.41, 5.74) is 1.14. The number of benzene rings is 1. The molecule has 3 nitrogen and oxygen atoms in total. The maximum Gasteiger partial charge on any atom is 0.226 e. The molecule has 2 aliphatic rings. The van der Waals surface area contributed by atoms with Crippen LogP contribution in [-0.2, 0) is 11.2 Å². The van der Waals surface area contributed by atoms with Crippen molar-refractivity contribution in [3.63, 3.8) is 0 Å². The number of piperidine rings is 1. The molecule has 0 spiro atoms. The standard InChI is InChI=1S/C17H24N2O.ClH/c20-16(19-15-8-4-11-18-13-15)17(9-5-10-17)12-14-6-2-1-3-7-14;/h1-3,6-7,15,18H,4-5,8-13H2,(H,19,20);1H. The van der Waals surface area contributed by atoms with E-state index in [4.69, 9.17) is 0 Å². The Hall–Kier alpha value is -1.06. The van der Waals surface area contributed by atoms with Gasteiger partial charge in [-0.15, -0.1) is 12.4 Å². The van der Waals surface area contributed by atoms with Gasteiger partial charge in [-0.1, -0.05) is 36.8 Å². The third-order valence-corrected chi connectivity index (χ3v) is 4.81. The fourth-order valence-electron chi connectivity index (χ4n) is 3.39. The summed E-state index contributed by atoms with van der Waals surface area (Å²) in [4.78, 5) is 12.7. The summed E-state index contributed by atoms with van der Waals surface area (Å²) in [5, 5.41) is 6.64. The van der Waals surface area contributed by atoms with E-state index in [0.717, 1.165) is 45.2 Å². The number of halogens is 1. The first-order valence-electron chi connectivity index (χ1n) is 7.84. The van der Waals surface area contributed by atoms with Crippen LogP contribution in [0.1, 0.15) is 37.7 Å². The summed E-state index contributed by atoms with van der Waals surface area (Å²) in [6.07, 6.45) is 6.42. The Morgan fingerprint density at radius 1 is 1.24 bits per heavy atom. The minimum atomic E-state index is -0.140. The molecule has 2 fully saturated rings. The number of nitrogens with one attached hydrogen (secondary N) is 2. The molecular weight excluding hydrogens is 284 g/mol. The molecule has 4 heteroatoms. The average Bonchev–Trinajstić information content (AvgIpc) is 2.45. The molecule has 1 aliphatic carbocycles. The second kappa shape index (κ2) is 7.28. The van der Waals surface area contributed by atoms with Crippen molar-refractivity contribution in [2.45, 2.75) is 44.6 Å². The highest BCUT2D eigenvalue weighted by atomic mass is 35.5. The Bertz CT molecular complexity index is 453. The molecule has 1 aromatic carbocycles. The first-order valence-corrected chi connectivity index (χ1v) is 7.84. The van der Waals surface area contributed by atoms with Gasteiger partial charge in [0, 0.05) is 12.6 Å². The van der Waals surface area contributed by atoms with E-state index >= 15 is 0 Å². The average molecular weight is 309 g/mol. The van der Waals surface area contributed by atoms with Crippen molar-refractivity contribution in [3.05, 3.63) is 35.9 Å². The summed E-state index contributed by atoms with van der Waals surface area (Å²) in [6, 6.07) is 10.7. The van der Waals surface area contributed by atoms with Gasteiger partial charge in [0.15, 0.2) is 0 Å². The molecule has 1 heterocycles. The van der Waals surface area contributed by atoms with Gasteiger partial charge in [-0.2, -0.15) is 0 Å². The third kappa shape index (κ3) is 3.78. The van der Waals surface area contributed by atoms with Crippen LogP contribution in [0, 0.1) is 5.41 Å². The fourth-order valence-corrected chi connectivity index (χ4v) is 3.39. The van der Waals surface area contributed by atoms with Crippen LogP contribution in [0.25, 0.3) is 0 Å². The quantitative estimate of drug-likeness (QED) is 0.898. The third-order valence-electron chi connectivity index (χ3n) is 4.81. The molecule has 21 heavy (non-hydrogen) atoms. The zero-order valence-electron chi connectivity index (χ0n) is 12.4. The Kier molecular flexibility index (Phi) is 5.65. The largest absolute Gasteiger partial charge is 0.352 e. The van der Waals surface area contributed by atoms with E-state index in [1.54, 1.807) is 0 Å². The van der Waals surface area contributed by atoms with E-state index in [2.05, 4.69) is 34.9 Å². The van der Waals surface area contributed by atoms with Gasteiger partial charge < -0.3 is 10.6 Å². The van der Waals surface area contributed by atoms with E-state index in [9.17, 15) is 4.79 Å². The summed E-state index contributed by atoms with van der Waals surface area (Å²) in [5.74, 6) is 0.279. The number of carbonyl (C=O) groups excluding carboxylic acids is 1. The van der Waals surface area contributed by atoms with Gasteiger partial charge in [0.2, 0.25) is 5.91 Å². The molecule has 1 aromatic rings. The topological polar surface area (TPSA) is 41.1 Å². The number of carbonyl (C=O) groups is 1. The van der Waals surface area contributed by atoms with Crippen LogP contribution < -0.4 is 10.6 Å². The van der Waals surface area contributed by atoms with Gasteiger partial charge in [0.05, 0.1) is 5.41 Å². The Morgan fingerprint density at radius 2 is 2.00 bits per heavy atom. The zero-order chi connectivity index (χ0) is 13.8. The predicted molar refractivity (Wildman–Crippen MR) is 87.7 cm³/mol. The summed E-state index contributed by atoms with van der Waals surface area (Å²) >= 11 is 0. The molecule has 1 amide bonds. The molecular formula is C17H25ClN2O. The lowest BCUT2D eigenvalue weighted by Crippen LogP contribution is -2.53. The maximum absolute atomic E-state index is 12.7. The Labute approximate surface area is 133 Å².